The molecule has 0 heterocycles. The average Bonchev–Trinajstić information content (AvgIpc) is 2.66. The third kappa shape index (κ3) is 4.06. The Labute approximate surface area is 150 Å². The van der Waals surface area contributed by atoms with Crippen molar-refractivity contribution in [3.05, 3.63) is 89.5 Å². The van der Waals surface area contributed by atoms with E-state index >= 15 is 0 Å². The molecule has 2 nitrogen and oxygen atoms in total. The Balaban J connectivity index is 1.95. The van der Waals surface area contributed by atoms with Gasteiger partial charge in [-0.05, 0) is 28.8 Å². The third-order valence-electron chi connectivity index (χ3n) is 4.07. The highest BCUT2D eigenvalue weighted by Crippen LogP contribution is 2.37. The van der Waals surface area contributed by atoms with Crippen LogP contribution in [0.5, 0.6) is 5.75 Å². The number of hydrogen-bond acceptors (Lipinski definition) is 2. The van der Waals surface area contributed by atoms with Crippen LogP contribution in [0.1, 0.15) is 16.7 Å². The molecule has 0 saturated heterocycles. The molecule has 5 heteroatoms. The van der Waals surface area contributed by atoms with Crippen molar-refractivity contribution in [1.29, 1.82) is 0 Å². The molecule has 134 valence electrons. The third-order valence-corrected chi connectivity index (χ3v) is 4.07. The van der Waals surface area contributed by atoms with Crippen LogP contribution in [0, 0.1) is 0 Å². The summed E-state index contributed by atoms with van der Waals surface area (Å²) in [5.74, 6) is 0.532. The van der Waals surface area contributed by atoms with Crippen molar-refractivity contribution in [1.82, 2.24) is 0 Å². The van der Waals surface area contributed by atoms with E-state index in [4.69, 9.17) is 10.5 Å². The first kappa shape index (κ1) is 18.0. The molecule has 0 atom stereocenters. The Bertz CT molecular complexity index is 876. The van der Waals surface area contributed by atoms with Crippen LogP contribution in [0.15, 0.2) is 72.8 Å². The maximum Gasteiger partial charge on any atom is 0.416 e. The smallest absolute Gasteiger partial charge is 0.416 e. The summed E-state index contributed by atoms with van der Waals surface area (Å²) in [5.41, 5.74) is 6.85. The van der Waals surface area contributed by atoms with Crippen molar-refractivity contribution in [3.8, 4) is 16.9 Å². The lowest BCUT2D eigenvalue weighted by Crippen LogP contribution is -2.12. The van der Waals surface area contributed by atoms with Crippen molar-refractivity contribution in [2.75, 3.05) is 0 Å². The Morgan fingerprint density at radius 3 is 2.23 bits per heavy atom. The van der Waals surface area contributed by atoms with Gasteiger partial charge in [-0.1, -0.05) is 60.7 Å². The molecule has 0 amide bonds. The Hall–Kier alpha value is -2.79. The van der Waals surface area contributed by atoms with Gasteiger partial charge < -0.3 is 10.5 Å². The molecule has 0 unspecified atom stereocenters. The number of benzene rings is 3. The Morgan fingerprint density at radius 1 is 0.846 bits per heavy atom. The van der Waals surface area contributed by atoms with Gasteiger partial charge in [-0.2, -0.15) is 13.2 Å². The van der Waals surface area contributed by atoms with Crippen LogP contribution < -0.4 is 10.5 Å². The van der Waals surface area contributed by atoms with Crippen molar-refractivity contribution >= 4 is 0 Å². The fraction of sp³-hybridized carbons (Fsp3) is 0.143. The van der Waals surface area contributed by atoms with Crippen LogP contribution in [0.25, 0.3) is 11.1 Å². The molecule has 0 spiro atoms. The number of hydrogen-bond donors (Lipinski definition) is 1. The molecule has 3 aromatic rings. The van der Waals surface area contributed by atoms with E-state index < -0.39 is 11.7 Å². The summed E-state index contributed by atoms with van der Waals surface area (Å²) in [5, 5.41) is 0. The number of ether oxygens (including phenoxy) is 1. The largest absolute Gasteiger partial charge is 0.488 e. The van der Waals surface area contributed by atoms with Crippen LogP contribution in [0.4, 0.5) is 13.2 Å². The maximum absolute atomic E-state index is 13.3. The molecule has 0 bridgehead atoms. The van der Waals surface area contributed by atoms with Crippen molar-refractivity contribution < 1.29 is 17.9 Å². The second-order valence-corrected chi connectivity index (χ2v) is 5.84. The van der Waals surface area contributed by atoms with E-state index in [2.05, 4.69) is 0 Å². The summed E-state index contributed by atoms with van der Waals surface area (Å²) in [6, 6.07) is 20.9. The van der Waals surface area contributed by atoms with E-state index in [0.717, 1.165) is 11.6 Å². The van der Waals surface area contributed by atoms with Gasteiger partial charge in [0.25, 0.3) is 0 Å². The van der Waals surface area contributed by atoms with Gasteiger partial charge in [0, 0.05) is 12.1 Å². The Kier molecular flexibility index (Phi) is 5.28. The van der Waals surface area contributed by atoms with Crippen LogP contribution in [-0.2, 0) is 19.3 Å². The van der Waals surface area contributed by atoms with Gasteiger partial charge in [-0.25, -0.2) is 0 Å². The number of halogens is 3. The SMILES string of the molecule is NCc1ccc(-c2ccccc2OCc2ccccc2)cc1C(F)(F)F. The van der Waals surface area contributed by atoms with Crippen molar-refractivity contribution in [2.45, 2.75) is 19.3 Å². The zero-order valence-corrected chi connectivity index (χ0v) is 14.0. The highest BCUT2D eigenvalue weighted by atomic mass is 19.4. The van der Waals surface area contributed by atoms with E-state index in [1.807, 2.05) is 30.3 Å². The lowest BCUT2D eigenvalue weighted by molar-refractivity contribution is -0.138. The van der Waals surface area contributed by atoms with E-state index in [1.54, 1.807) is 30.3 Å². The first-order chi connectivity index (χ1) is 12.5. The van der Waals surface area contributed by atoms with Crippen LogP contribution in [-0.4, -0.2) is 0 Å². The summed E-state index contributed by atoms with van der Waals surface area (Å²) in [6.45, 7) is 0.173. The van der Waals surface area contributed by atoms with Gasteiger partial charge in [0.1, 0.15) is 12.4 Å². The first-order valence-electron chi connectivity index (χ1n) is 8.15. The molecule has 3 aromatic carbocycles. The summed E-state index contributed by atoms with van der Waals surface area (Å²) in [4.78, 5) is 0. The van der Waals surface area contributed by atoms with E-state index in [9.17, 15) is 13.2 Å². The second-order valence-electron chi connectivity index (χ2n) is 5.84. The average molecular weight is 357 g/mol. The fourth-order valence-corrected chi connectivity index (χ4v) is 2.75. The maximum atomic E-state index is 13.3. The Morgan fingerprint density at radius 2 is 1.54 bits per heavy atom. The van der Waals surface area contributed by atoms with Gasteiger partial charge in [0.05, 0.1) is 5.56 Å². The van der Waals surface area contributed by atoms with Crippen LogP contribution >= 0.6 is 0 Å². The van der Waals surface area contributed by atoms with E-state index in [0.29, 0.717) is 23.5 Å². The molecule has 0 aliphatic rings. The van der Waals surface area contributed by atoms with Gasteiger partial charge in [0.15, 0.2) is 0 Å². The normalized spacial score (nSPS) is 11.4. The number of nitrogens with two attached hydrogens (primary N) is 1. The number of rotatable bonds is 5. The van der Waals surface area contributed by atoms with Gasteiger partial charge >= 0.3 is 6.18 Å². The topological polar surface area (TPSA) is 35.2 Å². The number of para-hydroxylation sites is 1. The second kappa shape index (κ2) is 7.62. The predicted octanol–water partition coefficient (Wildman–Crippen LogP) is 5.41. The summed E-state index contributed by atoms with van der Waals surface area (Å²) >= 11 is 0. The molecule has 0 fully saturated rings. The van der Waals surface area contributed by atoms with Crippen LogP contribution in [0.2, 0.25) is 0 Å². The predicted molar refractivity (Wildman–Crippen MR) is 95.5 cm³/mol. The van der Waals surface area contributed by atoms with Gasteiger partial charge in [0.2, 0.25) is 0 Å². The molecular formula is C21H18F3NO. The first-order valence-corrected chi connectivity index (χ1v) is 8.15. The lowest BCUT2D eigenvalue weighted by atomic mass is 9.98. The minimum atomic E-state index is -4.45. The van der Waals surface area contributed by atoms with E-state index in [-0.39, 0.29) is 12.1 Å². The fourth-order valence-electron chi connectivity index (χ4n) is 2.75. The summed E-state index contributed by atoms with van der Waals surface area (Å²) in [6.07, 6.45) is -4.45. The summed E-state index contributed by atoms with van der Waals surface area (Å²) in [7, 11) is 0. The highest BCUT2D eigenvalue weighted by molar-refractivity contribution is 5.71. The molecular weight excluding hydrogens is 339 g/mol. The lowest BCUT2D eigenvalue weighted by Gasteiger charge is -2.16. The molecule has 0 aliphatic carbocycles. The quantitative estimate of drug-likeness (QED) is 0.663. The molecule has 3 rings (SSSR count). The standard InChI is InChI=1S/C21H18F3NO/c22-21(23,24)19-12-16(10-11-17(19)13-25)18-8-4-5-9-20(18)26-14-15-6-2-1-3-7-15/h1-12H,13-14,25H2. The minimum absolute atomic E-state index is 0.0731. The zero-order chi connectivity index (χ0) is 18.6. The molecule has 0 aliphatic heterocycles. The molecule has 2 N–H and O–H groups in total. The molecule has 0 radical (unpaired) electrons. The van der Waals surface area contributed by atoms with E-state index in [1.165, 1.54) is 6.07 Å². The monoisotopic (exact) mass is 357 g/mol. The van der Waals surface area contributed by atoms with Crippen molar-refractivity contribution in [2.24, 2.45) is 5.73 Å². The van der Waals surface area contributed by atoms with Crippen molar-refractivity contribution in [3.63, 3.8) is 0 Å². The molecule has 26 heavy (non-hydrogen) atoms. The zero-order valence-electron chi connectivity index (χ0n) is 14.0. The number of alkyl halides is 3. The highest BCUT2D eigenvalue weighted by Gasteiger charge is 2.33. The molecule has 0 aromatic heterocycles. The van der Waals surface area contributed by atoms with Crippen LogP contribution in [0.3, 0.4) is 0 Å². The summed E-state index contributed by atoms with van der Waals surface area (Å²) < 4.78 is 45.8. The minimum Gasteiger partial charge on any atom is -0.488 e. The molecule has 0 saturated carbocycles. The van der Waals surface area contributed by atoms with Gasteiger partial charge in [-0.3, -0.25) is 0 Å². The van der Waals surface area contributed by atoms with Gasteiger partial charge in [-0.15, -0.1) is 0 Å².